The monoisotopic (exact) mass is 248 g/mol. The van der Waals surface area contributed by atoms with E-state index in [-0.39, 0.29) is 0 Å². The summed E-state index contributed by atoms with van der Waals surface area (Å²) in [5, 5.41) is 0. The molecule has 1 rings (SSSR count). The molecular weight excluding hydrogens is 233 g/mol. The summed E-state index contributed by atoms with van der Waals surface area (Å²) in [6.45, 7) is 3.96. The second-order valence-electron chi connectivity index (χ2n) is 4.34. The molecule has 1 aromatic rings. The Balaban J connectivity index is 2.92. The smallest absolute Gasteiger partial charge is 0.416 e. The van der Waals surface area contributed by atoms with Crippen molar-refractivity contribution in [3.05, 3.63) is 35.4 Å². The summed E-state index contributed by atoms with van der Waals surface area (Å²) >= 11 is 0. The van der Waals surface area contributed by atoms with Crippen molar-refractivity contribution in [1.29, 1.82) is 0 Å². The van der Waals surface area contributed by atoms with Crippen LogP contribution in [-0.2, 0) is 16.6 Å². The van der Waals surface area contributed by atoms with Crippen molar-refractivity contribution in [3.63, 3.8) is 0 Å². The molecule has 0 radical (unpaired) electrons. The van der Waals surface area contributed by atoms with Gasteiger partial charge >= 0.3 is 6.18 Å². The van der Waals surface area contributed by atoms with E-state index >= 15 is 0 Å². The van der Waals surface area contributed by atoms with Crippen LogP contribution in [0.25, 0.3) is 0 Å². The van der Waals surface area contributed by atoms with Gasteiger partial charge in [-0.25, -0.2) is 0 Å². The van der Waals surface area contributed by atoms with E-state index in [9.17, 15) is 13.2 Å². The molecule has 0 unspecified atom stereocenters. The Morgan fingerprint density at radius 2 is 1.88 bits per heavy atom. The maximum Gasteiger partial charge on any atom is 0.416 e. The van der Waals surface area contributed by atoms with Crippen molar-refractivity contribution < 1.29 is 17.6 Å². The second-order valence-corrected chi connectivity index (χ2v) is 8.62. The first-order chi connectivity index (χ1) is 7.24. The van der Waals surface area contributed by atoms with Crippen LogP contribution in [0, 0.1) is 0 Å². The topological polar surface area (TPSA) is 9.23 Å². The summed E-state index contributed by atoms with van der Waals surface area (Å²) in [7, 11) is -0.257. The van der Waals surface area contributed by atoms with Crippen molar-refractivity contribution in [1.82, 2.24) is 0 Å². The van der Waals surface area contributed by atoms with Crippen LogP contribution in [0.2, 0.25) is 13.1 Å². The first kappa shape index (κ1) is 13.3. The van der Waals surface area contributed by atoms with Crippen LogP contribution in [-0.4, -0.2) is 15.4 Å². The zero-order valence-electron chi connectivity index (χ0n) is 9.56. The van der Waals surface area contributed by atoms with Crippen molar-refractivity contribution in [2.45, 2.75) is 25.3 Å². The summed E-state index contributed by atoms with van der Waals surface area (Å²) in [6, 6.07) is 6.04. The van der Waals surface area contributed by atoms with Gasteiger partial charge in [-0.05, 0) is 30.8 Å². The van der Waals surface area contributed by atoms with Crippen LogP contribution in [0.3, 0.4) is 0 Å². The maximum atomic E-state index is 12.5. The van der Waals surface area contributed by atoms with Crippen LogP contribution in [0.4, 0.5) is 13.2 Å². The van der Waals surface area contributed by atoms with Gasteiger partial charge in [0.1, 0.15) is 0 Å². The fourth-order valence-corrected chi connectivity index (χ4v) is 2.77. The molecule has 90 valence electrons. The first-order valence-corrected chi connectivity index (χ1v) is 8.07. The molecule has 0 spiro atoms. The highest BCUT2D eigenvalue weighted by atomic mass is 28.4. The summed E-state index contributed by atoms with van der Waals surface area (Å²) in [5.74, 6) is 0. The van der Waals surface area contributed by atoms with Crippen LogP contribution >= 0.6 is 0 Å². The van der Waals surface area contributed by atoms with Gasteiger partial charge in [-0.3, -0.25) is 0 Å². The molecule has 0 aliphatic carbocycles. The van der Waals surface area contributed by atoms with Gasteiger partial charge in [0.15, 0.2) is 8.32 Å². The Hall–Kier alpha value is -0.813. The zero-order chi connectivity index (χ0) is 12.4. The van der Waals surface area contributed by atoms with Crippen molar-refractivity contribution in [3.8, 4) is 0 Å². The fraction of sp³-hybridized carbons (Fsp3) is 0.455. The quantitative estimate of drug-likeness (QED) is 0.742. The Kier molecular flexibility index (Phi) is 3.80. The number of hydrogen-bond acceptors (Lipinski definition) is 1. The molecule has 0 N–H and O–H groups in total. The normalized spacial score (nSPS) is 12.9. The van der Waals surface area contributed by atoms with Gasteiger partial charge in [0.2, 0.25) is 0 Å². The zero-order valence-corrected chi connectivity index (χ0v) is 10.6. The molecule has 0 heterocycles. The third kappa shape index (κ3) is 3.64. The van der Waals surface area contributed by atoms with Crippen molar-refractivity contribution in [2.75, 3.05) is 7.11 Å². The van der Waals surface area contributed by atoms with Crippen LogP contribution in [0.15, 0.2) is 24.3 Å². The van der Waals surface area contributed by atoms with E-state index in [0.717, 1.165) is 6.07 Å². The SMILES string of the molecule is CO[Si](C)(C)Cc1cccc(C(F)(F)F)c1. The molecule has 0 fully saturated rings. The van der Waals surface area contributed by atoms with Crippen molar-refractivity contribution >= 4 is 8.32 Å². The summed E-state index contributed by atoms with van der Waals surface area (Å²) in [4.78, 5) is 0. The largest absolute Gasteiger partial charge is 0.420 e. The van der Waals surface area contributed by atoms with Crippen LogP contribution < -0.4 is 0 Å². The summed E-state index contributed by atoms with van der Waals surface area (Å²) in [5.41, 5.74) is 0.0965. The number of halogens is 3. The number of hydrogen-bond donors (Lipinski definition) is 0. The fourth-order valence-electron chi connectivity index (χ4n) is 1.42. The molecule has 0 saturated carbocycles. The van der Waals surface area contributed by atoms with Gasteiger partial charge in [0, 0.05) is 7.11 Å². The van der Waals surface area contributed by atoms with Gasteiger partial charge in [-0.15, -0.1) is 0 Å². The highest BCUT2D eigenvalue weighted by Crippen LogP contribution is 2.30. The lowest BCUT2D eigenvalue weighted by molar-refractivity contribution is -0.137. The van der Waals surface area contributed by atoms with E-state index in [1.165, 1.54) is 12.1 Å². The van der Waals surface area contributed by atoms with Crippen LogP contribution in [0.5, 0.6) is 0 Å². The number of alkyl halides is 3. The summed E-state index contributed by atoms with van der Waals surface area (Å²) < 4.78 is 42.7. The van der Waals surface area contributed by atoms with Gasteiger partial charge in [-0.2, -0.15) is 13.2 Å². The standard InChI is InChI=1S/C11H15F3OSi/c1-15-16(2,3)8-9-5-4-6-10(7-9)11(12,13)14/h4-7H,8H2,1-3H3. The Morgan fingerprint density at radius 3 is 2.38 bits per heavy atom. The van der Waals surface area contributed by atoms with E-state index in [0.29, 0.717) is 11.6 Å². The molecule has 0 atom stereocenters. The average Bonchev–Trinajstić information content (AvgIpc) is 2.16. The minimum atomic E-state index is -4.27. The van der Waals surface area contributed by atoms with E-state index < -0.39 is 20.1 Å². The lowest BCUT2D eigenvalue weighted by atomic mass is 10.1. The minimum absolute atomic E-state index is 0.591. The molecular formula is C11H15F3OSi. The number of rotatable bonds is 3. The molecule has 1 aromatic carbocycles. The molecule has 5 heteroatoms. The lowest BCUT2D eigenvalue weighted by Gasteiger charge is -2.20. The van der Waals surface area contributed by atoms with E-state index in [4.69, 9.17) is 4.43 Å². The number of benzene rings is 1. The molecule has 0 bridgehead atoms. The Morgan fingerprint density at radius 1 is 1.25 bits per heavy atom. The van der Waals surface area contributed by atoms with Crippen molar-refractivity contribution in [2.24, 2.45) is 0 Å². The molecule has 0 aliphatic heterocycles. The predicted molar refractivity (Wildman–Crippen MR) is 59.6 cm³/mol. The average molecular weight is 248 g/mol. The Bertz CT molecular complexity index is 360. The molecule has 16 heavy (non-hydrogen) atoms. The molecule has 0 saturated heterocycles. The molecule has 0 amide bonds. The van der Waals surface area contributed by atoms with E-state index in [2.05, 4.69) is 0 Å². The second kappa shape index (κ2) is 4.59. The van der Waals surface area contributed by atoms with Gasteiger partial charge in [0.25, 0.3) is 0 Å². The third-order valence-electron chi connectivity index (χ3n) is 2.44. The highest BCUT2D eigenvalue weighted by molar-refractivity contribution is 6.70. The van der Waals surface area contributed by atoms with Gasteiger partial charge in [-0.1, -0.05) is 18.2 Å². The minimum Gasteiger partial charge on any atom is -0.420 e. The van der Waals surface area contributed by atoms with Gasteiger partial charge < -0.3 is 4.43 Å². The Labute approximate surface area is 94.4 Å². The molecule has 1 nitrogen and oxygen atoms in total. The highest BCUT2D eigenvalue weighted by Gasteiger charge is 2.31. The molecule has 0 aromatic heterocycles. The molecule has 0 aliphatic rings. The predicted octanol–water partition coefficient (Wildman–Crippen LogP) is 3.64. The van der Waals surface area contributed by atoms with E-state index in [1.807, 2.05) is 13.1 Å². The summed E-state index contributed by atoms with van der Waals surface area (Å²) in [6.07, 6.45) is -4.27. The first-order valence-electron chi connectivity index (χ1n) is 4.96. The van der Waals surface area contributed by atoms with Gasteiger partial charge in [0.05, 0.1) is 5.56 Å². The van der Waals surface area contributed by atoms with Crippen LogP contribution in [0.1, 0.15) is 11.1 Å². The third-order valence-corrected chi connectivity index (χ3v) is 4.80. The van der Waals surface area contributed by atoms with E-state index in [1.54, 1.807) is 13.2 Å². The maximum absolute atomic E-state index is 12.5. The lowest BCUT2D eigenvalue weighted by Crippen LogP contribution is -2.32.